The van der Waals surface area contributed by atoms with E-state index in [-0.39, 0.29) is 0 Å². The molecule has 1 unspecified atom stereocenters. The molecule has 0 radical (unpaired) electrons. The van der Waals surface area contributed by atoms with Crippen molar-refractivity contribution >= 4 is 0 Å². The van der Waals surface area contributed by atoms with Crippen LogP contribution in [0.5, 0.6) is 11.5 Å². The van der Waals surface area contributed by atoms with E-state index in [4.69, 9.17) is 15.2 Å². The summed E-state index contributed by atoms with van der Waals surface area (Å²) >= 11 is 0. The molecule has 0 aromatic heterocycles. The van der Waals surface area contributed by atoms with E-state index in [1.165, 1.54) is 0 Å². The average molecular weight is 237 g/mol. The first-order valence-corrected chi connectivity index (χ1v) is 6.12. The van der Waals surface area contributed by atoms with Crippen molar-refractivity contribution < 1.29 is 9.47 Å². The summed E-state index contributed by atoms with van der Waals surface area (Å²) in [5, 5.41) is 0. The Hall–Kier alpha value is -1.22. The third-order valence-electron chi connectivity index (χ3n) is 2.68. The summed E-state index contributed by atoms with van der Waals surface area (Å²) in [5.41, 5.74) is 5.73. The standard InChI is InChI=1S/C14H23NO2/c1-11(2)8-12(9-15)10-17-14-6-4-13(16-3)5-7-14/h4-7,11-12H,8-10,15H2,1-3H3. The zero-order valence-electron chi connectivity index (χ0n) is 11.0. The van der Waals surface area contributed by atoms with E-state index in [2.05, 4.69) is 13.8 Å². The Labute approximate surface area is 104 Å². The first kappa shape index (κ1) is 13.8. The molecule has 0 amide bonds. The molecular weight excluding hydrogens is 214 g/mol. The first-order valence-electron chi connectivity index (χ1n) is 6.12. The van der Waals surface area contributed by atoms with Crippen LogP contribution in [0.15, 0.2) is 24.3 Å². The number of ether oxygens (including phenoxy) is 2. The van der Waals surface area contributed by atoms with Crippen molar-refractivity contribution in [1.82, 2.24) is 0 Å². The van der Waals surface area contributed by atoms with Crippen LogP contribution < -0.4 is 15.2 Å². The van der Waals surface area contributed by atoms with Gasteiger partial charge in [0.2, 0.25) is 0 Å². The molecule has 17 heavy (non-hydrogen) atoms. The lowest BCUT2D eigenvalue weighted by molar-refractivity contribution is 0.230. The van der Waals surface area contributed by atoms with Crippen LogP contribution in [0.4, 0.5) is 0 Å². The Bertz CT molecular complexity index is 309. The van der Waals surface area contributed by atoms with Gasteiger partial charge in [0.25, 0.3) is 0 Å². The Morgan fingerprint density at radius 1 is 1.12 bits per heavy atom. The van der Waals surface area contributed by atoms with Crippen LogP contribution >= 0.6 is 0 Å². The second kappa shape index (κ2) is 7.17. The van der Waals surface area contributed by atoms with E-state index in [1.54, 1.807) is 7.11 Å². The third kappa shape index (κ3) is 5.09. The van der Waals surface area contributed by atoms with Gasteiger partial charge in [0.15, 0.2) is 0 Å². The van der Waals surface area contributed by atoms with Gasteiger partial charge in [0, 0.05) is 5.92 Å². The highest BCUT2D eigenvalue weighted by molar-refractivity contribution is 5.31. The molecule has 0 aliphatic heterocycles. The minimum absolute atomic E-state index is 0.428. The first-order chi connectivity index (χ1) is 8.15. The Kier molecular flexibility index (Phi) is 5.84. The van der Waals surface area contributed by atoms with Crippen LogP contribution in [-0.2, 0) is 0 Å². The van der Waals surface area contributed by atoms with Crippen molar-refractivity contribution in [1.29, 1.82) is 0 Å². The summed E-state index contributed by atoms with van der Waals surface area (Å²) in [4.78, 5) is 0. The van der Waals surface area contributed by atoms with Gasteiger partial charge in [0.05, 0.1) is 13.7 Å². The quantitative estimate of drug-likeness (QED) is 0.793. The van der Waals surface area contributed by atoms with Gasteiger partial charge in [-0.05, 0) is 43.1 Å². The van der Waals surface area contributed by atoms with Crippen molar-refractivity contribution in [2.45, 2.75) is 20.3 Å². The molecule has 2 N–H and O–H groups in total. The van der Waals surface area contributed by atoms with Crippen molar-refractivity contribution in [3.8, 4) is 11.5 Å². The molecule has 0 aliphatic rings. The van der Waals surface area contributed by atoms with Crippen LogP contribution in [0.3, 0.4) is 0 Å². The molecule has 3 heteroatoms. The van der Waals surface area contributed by atoms with Gasteiger partial charge < -0.3 is 15.2 Å². The lowest BCUT2D eigenvalue weighted by Crippen LogP contribution is -2.23. The molecule has 0 fully saturated rings. The predicted octanol–water partition coefficient (Wildman–Crippen LogP) is 2.70. The largest absolute Gasteiger partial charge is 0.497 e. The fourth-order valence-corrected chi connectivity index (χ4v) is 1.79. The van der Waals surface area contributed by atoms with Gasteiger partial charge >= 0.3 is 0 Å². The van der Waals surface area contributed by atoms with Gasteiger partial charge in [-0.3, -0.25) is 0 Å². The Morgan fingerprint density at radius 2 is 1.71 bits per heavy atom. The third-order valence-corrected chi connectivity index (χ3v) is 2.68. The minimum atomic E-state index is 0.428. The number of methoxy groups -OCH3 is 1. The van der Waals surface area contributed by atoms with E-state index in [1.807, 2.05) is 24.3 Å². The molecule has 0 aliphatic carbocycles. The second-order valence-electron chi connectivity index (χ2n) is 4.72. The van der Waals surface area contributed by atoms with Crippen molar-refractivity contribution in [3.05, 3.63) is 24.3 Å². The number of hydrogen-bond acceptors (Lipinski definition) is 3. The maximum atomic E-state index is 5.73. The normalized spacial score (nSPS) is 12.5. The Morgan fingerprint density at radius 3 is 2.18 bits per heavy atom. The SMILES string of the molecule is COc1ccc(OCC(CN)CC(C)C)cc1. The maximum absolute atomic E-state index is 5.73. The zero-order valence-corrected chi connectivity index (χ0v) is 11.0. The summed E-state index contributed by atoms with van der Waals surface area (Å²) in [7, 11) is 1.66. The summed E-state index contributed by atoms with van der Waals surface area (Å²) in [6.45, 7) is 5.77. The monoisotopic (exact) mass is 237 g/mol. The molecule has 1 rings (SSSR count). The van der Waals surface area contributed by atoms with Crippen LogP contribution in [0.1, 0.15) is 20.3 Å². The summed E-state index contributed by atoms with van der Waals surface area (Å²) in [6, 6.07) is 7.63. The van der Waals surface area contributed by atoms with Gasteiger partial charge in [-0.25, -0.2) is 0 Å². The molecule has 1 atom stereocenters. The molecule has 0 saturated heterocycles. The summed E-state index contributed by atoms with van der Waals surface area (Å²) in [6.07, 6.45) is 1.10. The fourth-order valence-electron chi connectivity index (χ4n) is 1.79. The molecule has 0 spiro atoms. The average Bonchev–Trinajstić information content (AvgIpc) is 2.34. The molecular formula is C14H23NO2. The summed E-state index contributed by atoms with van der Waals surface area (Å²) < 4.78 is 10.8. The molecule has 1 aromatic rings. The van der Waals surface area contributed by atoms with Crippen molar-refractivity contribution in [2.24, 2.45) is 17.6 Å². The van der Waals surface area contributed by atoms with Crippen LogP contribution in [0.25, 0.3) is 0 Å². The predicted molar refractivity (Wildman–Crippen MR) is 70.5 cm³/mol. The number of hydrogen-bond donors (Lipinski definition) is 1. The molecule has 1 aromatic carbocycles. The van der Waals surface area contributed by atoms with E-state index in [0.717, 1.165) is 17.9 Å². The fraction of sp³-hybridized carbons (Fsp3) is 0.571. The van der Waals surface area contributed by atoms with Crippen molar-refractivity contribution in [2.75, 3.05) is 20.3 Å². The van der Waals surface area contributed by atoms with Crippen LogP contribution in [0, 0.1) is 11.8 Å². The van der Waals surface area contributed by atoms with Crippen LogP contribution in [0.2, 0.25) is 0 Å². The smallest absolute Gasteiger partial charge is 0.119 e. The van der Waals surface area contributed by atoms with Gasteiger partial charge in [0.1, 0.15) is 11.5 Å². The van der Waals surface area contributed by atoms with E-state index in [9.17, 15) is 0 Å². The Balaban J connectivity index is 2.42. The lowest BCUT2D eigenvalue weighted by atomic mass is 9.98. The maximum Gasteiger partial charge on any atom is 0.119 e. The topological polar surface area (TPSA) is 44.5 Å². The summed E-state index contributed by atoms with van der Waals surface area (Å²) in [5.74, 6) is 2.79. The van der Waals surface area contributed by atoms with Gasteiger partial charge in [-0.1, -0.05) is 13.8 Å². The van der Waals surface area contributed by atoms with Gasteiger partial charge in [-0.15, -0.1) is 0 Å². The van der Waals surface area contributed by atoms with E-state index >= 15 is 0 Å². The number of benzene rings is 1. The lowest BCUT2D eigenvalue weighted by Gasteiger charge is -2.17. The highest BCUT2D eigenvalue weighted by atomic mass is 16.5. The van der Waals surface area contributed by atoms with Crippen molar-refractivity contribution in [3.63, 3.8) is 0 Å². The van der Waals surface area contributed by atoms with Gasteiger partial charge in [-0.2, -0.15) is 0 Å². The highest BCUT2D eigenvalue weighted by Gasteiger charge is 2.10. The molecule has 3 nitrogen and oxygen atoms in total. The molecule has 0 heterocycles. The number of rotatable bonds is 7. The van der Waals surface area contributed by atoms with E-state index in [0.29, 0.717) is 25.0 Å². The van der Waals surface area contributed by atoms with E-state index < -0.39 is 0 Å². The molecule has 96 valence electrons. The zero-order chi connectivity index (χ0) is 12.7. The number of nitrogens with two attached hydrogens (primary N) is 1. The molecule has 0 saturated carbocycles. The van der Waals surface area contributed by atoms with Crippen LogP contribution in [-0.4, -0.2) is 20.3 Å². The molecule has 0 bridgehead atoms. The second-order valence-corrected chi connectivity index (χ2v) is 4.72. The minimum Gasteiger partial charge on any atom is -0.497 e. The highest BCUT2D eigenvalue weighted by Crippen LogP contribution is 2.18.